The Hall–Kier alpha value is -2.70. The number of hydrogen-bond acceptors (Lipinski definition) is 2. The summed E-state index contributed by atoms with van der Waals surface area (Å²) in [5.41, 5.74) is 2.22. The minimum absolute atomic E-state index is 0.190. The molecule has 2 unspecified atom stereocenters. The number of alkyl halides is 3. The number of rotatable bonds is 4. The molecule has 25 heavy (non-hydrogen) atoms. The minimum atomic E-state index is -4.44. The largest absolute Gasteiger partial charge is 0.416 e. The number of nitrogens with one attached hydrogen (secondary N) is 1. The molecule has 1 aliphatic rings. The molecule has 0 bridgehead atoms. The van der Waals surface area contributed by atoms with E-state index in [-0.39, 0.29) is 29.1 Å². The molecule has 3 nitrogen and oxygen atoms in total. The lowest BCUT2D eigenvalue weighted by atomic mass is 10.1. The van der Waals surface area contributed by atoms with E-state index in [1.807, 2.05) is 0 Å². The van der Waals surface area contributed by atoms with E-state index in [0.717, 1.165) is 18.3 Å². The number of carbonyl (C=O) groups is 1. The third-order valence-electron chi connectivity index (χ3n) is 4.03. The van der Waals surface area contributed by atoms with Crippen LogP contribution in [0.3, 0.4) is 0 Å². The number of nitrogens with zero attached hydrogens (tertiary/aromatic N) is 1. The van der Waals surface area contributed by atoms with Gasteiger partial charge < -0.3 is 0 Å². The number of hydrazone groups is 1. The topological polar surface area (TPSA) is 41.5 Å². The SMILES string of the molecule is O=C(NN=Cc1cccc(C(F)(F)F)c1)C1CC1c1ccccc1F. The van der Waals surface area contributed by atoms with Gasteiger partial charge in [0, 0.05) is 5.92 Å². The molecule has 0 heterocycles. The van der Waals surface area contributed by atoms with Crippen molar-refractivity contribution in [2.45, 2.75) is 18.5 Å². The zero-order chi connectivity index (χ0) is 18.0. The molecule has 1 amide bonds. The predicted molar refractivity (Wildman–Crippen MR) is 84.4 cm³/mol. The Bertz CT molecular complexity index is 817. The molecule has 2 aromatic carbocycles. The molecule has 0 radical (unpaired) electrons. The highest BCUT2D eigenvalue weighted by atomic mass is 19.4. The lowest BCUT2D eigenvalue weighted by molar-refractivity contribution is -0.137. The van der Waals surface area contributed by atoms with Crippen molar-refractivity contribution in [2.24, 2.45) is 11.0 Å². The number of benzene rings is 2. The first kappa shape index (κ1) is 17.1. The molecule has 0 aromatic heterocycles. The van der Waals surface area contributed by atoms with Crippen LogP contribution in [0.4, 0.5) is 17.6 Å². The van der Waals surface area contributed by atoms with Crippen LogP contribution in [0.25, 0.3) is 0 Å². The van der Waals surface area contributed by atoms with Crippen LogP contribution in [0, 0.1) is 11.7 Å². The molecule has 2 aromatic rings. The van der Waals surface area contributed by atoms with Gasteiger partial charge in [-0.1, -0.05) is 30.3 Å². The van der Waals surface area contributed by atoms with E-state index in [4.69, 9.17) is 0 Å². The highest BCUT2D eigenvalue weighted by Crippen LogP contribution is 2.48. The van der Waals surface area contributed by atoms with E-state index < -0.39 is 11.7 Å². The molecule has 7 heteroatoms. The molecule has 0 aliphatic heterocycles. The summed E-state index contributed by atoms with van der Waals surface area (Å²) in [6.45, 7) is 0. The van der Waals surface area contributed by atoms with E-state index in [1.54, 1.807) is 18.2 Å². The van der Waals surface area contributed by atoms with E-state index in [9.17, 15) is 22.4 Å². The van der Waals surface area contributed by atoms with E-state index in [0.29, 0.717) is 12.0 Å². The van der Waals surface area contributed by atoms with E-state index in [2.05, 4.69) is 10.5 Å². The number of halogens is 4. The average molecular weight is 350 g/mol. The fourth-order valence-electron chi connectivity index (χ4n) is 2.65. The smallest absolute Gasteiger partial charge is 0.273 e. The Kier molecular flexibility index (Phi) is 4.57. The summed E-state index contributed by atoms with van der Waals surface area (Å²) in [5, 5.41) is 3.69. The van der Waals surface area contributed by atoms with Gasteiger partial charge in [0.1, 0.15) is 5.82 Å². The second-order valence-electron chi connectivity index (χ2n) is 5.83. The number of amides is 1. The van der Waals surface area contributed by atoms with Crippen LogP contribution in [0.2, 0.25) is 0 Å². The van der Waals surface area contributed by atoms with Gasteiger partial charge in [-0.3, -0.25) is 4.79 Å². The molecule has 130 valence electrons. The predicted octanol–water partition coefficient (Wildman–Crippen LogP) is 4.10. The Morgan fingerprint density at radius 2 is 1.92 bits per heavy atom. The molecular formula is C18H14F4N2O. The first-order valence-corrected chi connectivity index (χ1v) is 7.61. The van der Waals surface area contributed by atoms with Crippen LogP contribution >= 0.6 is 0 Å². The molecular weight excluding hydrogens is 336 g/mol. The van der Waals surface area contributed by atoms with Crippen molar-refractivity contribution in [3.8, 4) is 0 Å². The zero-order valence-corrected chi connectivity index (χ0v) is 12.9. The normalized spacial score (nSPS) is 19.8. The summed E-state index contributed by atoms with van der Waals surface area (Å²) < 4.78 is 51.5. The molecule has 3 rings (SSSR count). The summed E-state index contributed by atoms with van der Waals surface area (Å²) >= 11 is 0. The molecule has 2 atom stereocenters. The van der Waals surface area contributed by atoms with Gasteiger partial charge in [-0.05, 0) is 41.7 Å². The number of carbonyl (C=O) groups excluding carboxylic acids is 1. The Morgan fingerprint density at radius 1 is 1.16 bits per heavy atom. The Balaban J connectivity index is 1.59. The van der Waals surface area contributed by atoms with Crippen LogP contribution in [0.1, 0.15) is 29.0 Å². The minimum Gasteiger partial charge on any atom is -0.273 e. The van der Waals surface area contributed by atoms with Gasteiger partial charge in [0.05, 0.1) is 11.8 Å². The first-order chi connectivity index (χ1) is 11.9. The van der Waals surface area contributed by atoms with Crippen molar-refractivity contribution in [2.75, 3.05) is 0 Å². The summed E-state index contributed by atoms with van der Waals surface area (Å²) in [5.74, 6) is -1.30. The zero-order valence-electron chi connectivity index (χ0n) is 12.9. The summed E-state index contributed by atoms with van der Waals surface area (Å²) in [4.78, 5) is 12.0. The van der Waals surface area contributed by atoms with Crippen LogP contribution in [0.5, 0.6) is 0 Å². The lowest BCUT2D eigenvalue weighted by Gasteiger charge is -2.06. The van der Waals surface area contributed by atoms with Crippen LogP contribution in [-0.2, 0) is 11.0 Å². The molecule has 0 saturated heterocycles. The van der Waals surface area contributed by atoms with Crippen molar-refractivity contribution in [3.63, 3.8) is 0 Å². The van der Waals surface area contributed by atoms with Gasteiger partial charge in [0.25, 0.3) is 0 Å². The monoisotopic (exact) mass is 350 g/mol. The van der Waals surface area contributed by atoms with Gasteiger partial charge >= 0.3 is 6.18 Å². The van der Waals surface area contributed by atoms with Crippen molar-refractivity contribution in [1.82, 2.24) is 5.43 Å². The molecule has 1 N–H and O–H groups in total. The quantitative estimate of drug-likeness (QED) is 0.503. The van der Waals surface area contributed by atoms with Crippen molar-refractivity contribution >= 4 is 12.1 Å². The Labute approximate surface area is 141 Å². The molecule has 1 aliphatic carbocycles. The van der Waals surface area contributed by atoms with Crippen LogP contribution in [-0.4, -0.2) is 12.1 Å². The van der Waals surface area contributed by atoms with Crippen LogP contribution < -0.4 is 5.43 Å². The van der Waals surface area contributed by atoms with Crippen molar-refractivity contribution in [1.29, 1.82) is 0 Å². The number of hydrogen-bond donors (Lipinski definition) is 1. The fraction of sp³-hybridized carbons (Fsp3) is 0.222. The highest BCUT2D eigenvalue weighted by molar-refractivity contribution is 5.85. The summed E-state index contributed by atoms with van der Waals surface area (Å²) in [6, 6.07) is 10.9. The maximum atomic E-state index is 13.7. The fourth-order valence-corrected chi connectivity index (χ4v) is 2.65. The Morgan fingerprint density at radius 3 is 2.64 bits per heavy atom. The average Bonchev–Trinajstić information content (AvgIpc) is 3.35. The third kappa shape index (κ3) is 4.04. The molecule has 0 spiro atoms. The highest BCUT2D eigenvalue weighted by Gasteiger charge is 2.45. The maximum Gasteiger partial charge on any atom is 0.416 e. The first-order valence-electron chi connectivity index (χ1n) is 7.61. The van der Waals surface area contributed by atoms with Gasteiger partial charge in [0.2, 0.25) is 5.91 Å². The van der Waals surface area contributed by atoms with Crippen LogP contribution in [0.15, 0.2) is 53.6 Å². The van der Waals surface area contributed by atoms with E-state index >= 15 is 0 Å². The molecule has 1 saturated carbocycles. The maximum absolute atomic E-state index is 13.7. The van der Waals surface area contributed by atoms with Gasteiger partial charge in [0.15, 0.2) is 0 Å². The van der Waals surface area contributed by atoms with Crippen molar-refractivity contribution < 1.29 is 22.4 Å². The van der Waals surface area contributed by atoms with Gasteiger partial charge in [-0.25, -0.2) is 9.82 Å². The van der Waals surface area contributed by atoms with Gasteiger partial charge in [-0.15, -0.1) is 0 Å². The summed E-state index contributed by atoms with van der Waals surface area (Å²) in [7, 11) is 0. The molecule has 1 fully saturated rings. The lowest BCUT2D eigenvalue weighted by Crippen LogP contribution is -2.20. The van der Waals surface area contributed by atoms with Gasteiger partial charge in [-0.2, -0.15) is 18.3 Å². The summed E-state index contributed by atoms with van der Waals surface area (Å²) in [6.07, 6.45) is -2.77. The second-order valence-corrected chi connectivity index (χ2v) is 5.83. The van der Waals surface area contributed by atoms with E-state index in [1.165, 1.54) is 18.2 Å². The van der Waals surface area contributed by atoms with Crippen molar-refractivity contribution in [3.05, 3.63) is 71.0 Å². The standard InChI is InChI=1S/C18H14F4N2O/c19-16-7-2-1-6-13(16)14-9-15(14)17(25)24-23-10-11-4-3-5-12(8-11)18(20,21)22/h1-8,10,14-15H,9H2,(H,24,25). The third-order valence-corrected chi connectivity index (χ3v) is 4.03. The second kappa shape index (κ2) is 6.66.